The highest BCUT2D eigenvalue weighted by atomic mass is 16.5. The summed E-state index contributed by atoms with van der Waals surface area (Å²) in [7, 11) is 1.66. The van der Waals surface area contributed by atoms with Crippen LogP contribution < -0.4 is 20.5 Å². The first-order chi connectivity index (χ1) is 13.1. The minimum atomic E-state index is 0.0706. The van der Waals surface area contributed by atoms with E-state index in [-0.39, 0.29) is 18.0 Å². The molecule has 2 aromatic heterocycles. The molecule has 4 rings (SSSR count). The molecule has 1 saturated heterocycles. The van der Waals surface area contributed by atoms with Gasteiger partial charge in [-0.05, 0) is 37.1 Å². The number of nitrogens with zero attached hydrogens (tertiary/aromatic N) is 4. The van der Waals surface area contributed by atoms with Crippen LogP contribution in [0.3, 0.4) is 0 Å². The van der Waals surface area contributed by atoms with Crippen LogP contribution in [0.1, 0.15) is 36.9 Å². The molecule has 2 atom stereocenters. The second-order valence-electron chi connectivity index (χ2n) is 6.78. The van der Waals surface area contributed by atoms with Crippen molar-refractivity contribution in [1.82, 2.24) is 24.9 Å². The smallest absolute Gasteiger partial charge is 0.322 e. The molecule has 0 unspecified atom stereocenters. The van der Waals surface area contributed by atoms with Crippen molar-refractivity contribution in [2.45, 2.75) is 31.8 Å². The maximum Gasteiger partial charge on any atom is 0.322 e. The lowest BCUT2D eigenvalue weighted by Crippen LogP contribution is -2.37. The number of methoxy groups -OCH3 is 1. The normalized spacial score (nSPS) is 18.4. The van der Waals surface area contributed by atoms with Crippen molar-refractivity contribution >= 4 is 11.6 Å². The highest BCUT2D eigenvalue weighted by Gasteiger charge is 2.19. The third-order valence-electron chi connectivity index (χ3n) is 4.93. The number of hydrogen-bond acceptors (Lipinski definition) is 7. The molecule has 0 bridgehead atoms. The summed E-state index contributed by atoms with van der Waals surface area (Å²) in [6, 6.07) is 10.2. The van der Waals surface area contributed by atoms with Gasteiger partial charge in [0.05, 0.1) is 12.8 Å². The molecule has 0 aliphatic carbocycles. The van der Waals surface area contributed by atoms with E-state index >= 15 is 0 Å². The average Bonchev–Trinajstić information content (AvgIpc) is 3.13. The molecular formula is C19H24N6O2. The summed E-state index contributed by atoms with van der Waals surface area (Å²) < 4.78 is 12.7. The molecule has 1 fully saturated rings. The van der Waals surface area contributed by atoms with Crippen molar-refractivity contribution in [2.24, 2.45) is 0 Å². The minimum Gasteiger partial charge on any atom is -0.497 e. The number of rotatable bonds is 5. The van der Waals surface area contributed by atoms with Gasteiger partial charge in [-0.2, -0.15) is 19.6 Å². The van der Waals surface area contributed by atoms with Crippen molar-refractivity contribution in [3.05, 3.63) is 41.6 Å². The van der Waals surface area contributed by atoms with E-state index in [4.69, 9.17) is 15.2 Å². The Morgan fingerprint density at radius 1 is 1.26 bits per heavy atom. The molecule has 0 radical (unpaired) electrons. The van der Waals surface area contributed by atoms with Crippen LogP contribution in [0.2, 0.25) is 0 Å². The Morgan fingerprint density at radius 2 is 2.07 bits per heavy atom. The molecule has 142 valence electrons. The Kier molecular flexibility index (Phi) is 4.81. The fourth-order valence-electron chi connectivity index (χ4n) is 3.30. The standard InChI is InChI=1S/C19H24N6O2/c1-12(13-5-7-14(26-2)8-6-13)16-10-17-22-19(23-18(20)25(17)24-16)27-15-4-3-9-21-11-15/h5-8,10,12,15,21H,3-4,9,11H2,1-2H3,(H2,20,22,23)/t12-,15+/m0/s1. The van der Waals surface area contributed by atoms with Crippen LogP contribution in [-0.2, 0) is 0 Å². The average molecular weight is 368 g/mol. The van der Waals surface area contributed by atoms with Gasteiger partial charge < -0.3 is 20.5 Å². The van der Waals surface area contributed by atoms with Crippen molar-refractivity contribution in [3.63, 3.8) is 0 Å². The first-order valence-corrected chi connectivity index (χ1v) is 9.18. The molecule has 1 aliphatic heterocycles. The predicted molar refractivity (Wildman–Crippen MR) is 102 cm³/mol. The van der Waals surface area contributed by atoms with Gasteiger partial charge in [-0.25, -0.2) is 0 Å². The van der Waals surface area contributed by atoms with Crippen LogP contribution in [0.25, 0.3) is 5.65 Å². The summed E-state index contributed by atoms with van der Waals surface area (Å²) >= 11 is 0. The quantitative estimate of drug-likeness (QED) is 0.710. The van der Waals surface area contributed by atoms with Crippen LogP contribution in [0, 0.1) is 0 Å². The number of ether oxygens (including phenoxy) is 2. The molecule has 3 N–H and O–H groups in total. The highest BCUT2D eigenvalue weighted by Crippen LogP contribution is 2.26. The van der Waals surface area contributed by atoms with Gasteiger partial charge in [-0.3, -0.25) is 0 Å². The number of anilines is 1. The molecule has 0 saturated carbocycles. The lowest BCUT2D eigenvalue weighted by molar-refractivity contribution is 0.153. The van der Waals surface area contributed by atoms with E-state index in [1.165, 1.54) is 0 Å². The van der Waals surface area contributed by atoms with E-state index in [9.17, 15) is 0 Å². The Labute approximate surface area is 157 Å². The summed E-state index contributed by atoms with van der Waals surface area (Å²) in [5, 5.41) is 7.90. The van der Waals surface area contributed by atoms with E-state index in [0.29, 0.717) is 11.7 Å². The zero-order chi connectivity index (χ0) is 18.8. The highest BCUT2D eigenvalue weighted by molar-refractivity contribution is 5.47. The molecule has 8 nitrogen and oxygen atoms in total. The predicted octanol–water partition coefficient (Wildman–Crippen LogP) is 2.00. The third kappa shape index (κ3) is 3.66. The fourth-order valence-corrected chi connectivity index (χ4v) is 3.30. The Balaban J connectivity index is 1.59. The summed E-state index contributed by atoms with van der Waals surface area (Å²) in [5.41, 5.74) is 8.73. The zero-order valence-corrected chi connectivity index (χ0v) is 15.6. The van der Waals surface area contributed by atoms with E-state index in [2.05, 4.69) is 27.3 Å². The zero-order valence-electron chi connectivity index (χ0n) is 15.6. The molecule has 3 heterocycles. The number of benzene rings is 1. The van der Waals surface area contributed by atoms with Crippen molar-refractivity contribution in [2.75, 3.05) is 25.9 Å². The molecule has 27 heavy (non-hydrogen) atoms. The van der Waals surface area contributed by atoms with Gasteiger partial charge in [0.25, 0.3) is 0 Å². The monoisotopic (exact) mass is 368 g/mol. The number of fused-ring (bicyclic) bond motifs is 1. The van der Waals surface area contributed by atoms with Crippen molar-refractivity contribution in [1.29, 1.82) is 0 Å². The number of hydrogen-bond donors (Lipinski definition) is 2. The van der Waals surface area contributed by atoms with Crippen LogP contribution in [0.15, 0.2) is 30.3 Å². The van der Waals surface area contributed by atoms with Gasteiger partial charge in [0.1, 0.15) is 11.9 Å². The lowest BCUT2D eigenvalue weighted by Gasteiger charge is -2.22. The maximum absolute atomic E-state index is 6.09. The SMILES string of the molecule is COc1ccc([C@H](C)c2cc3nc(O[C@@H]4CCCNC4)nc(N)n3n2)cc1. The van der Waals surface area contributed by atoms with Crippen molar-refractivity contribution in [3.8, 4) is 11.8 Å². The van der Waals surface area contributed by atoms with Gasteiger partial charge in [-0.1, -0.05) is 19.1 Å². The third-order valence-corrected chi connectivity index (χ3v) is 4.93. The van der Waals surface area contributed by atoms with Crippen molar-refractivity contribution < 1.29 is 9.47 Å². The fraction of sp³-hybridized carbons (Fsp3) is 0.421. The summed E-state index contributed by atoms with van der Waals surface area (Å²) in [6.07, 6.45) is 2.14. The molecular weight excluding hydrogens is 344 g/mol. The number of nitrogen functional groups attached to an aromatic ring is 1. The molecule has 0 spiro atoms. The molecule has 3 aromatic rings. The molecule has 0 amide bonds. The van der Waals surface area contributed by atoms with Crippen LogP contribution in [0.5, 0.6) is 11.8 Å². The van der Waals surface area contributed by atoms with E-state index in [0.717, 1.165) is 42.9 Å². The van der Waals surface area contributed by atoms with Gasteiger partial charge in [-0.15, -0.1) is 0 Å². The number of nitrogens with one attached hydrogen (secondary N) is 1. The lowest BCUT2D eigenvalue weighted by atomic mass is 9.98. The van der Waals surface area contributed by atoms with Gasteiger partial charge >= 0.3 is 6.01 Å². The van der Waals surface area contributed by atoms with Gasteiger partial charge in [0, 0.05) is 18.5 Å². The minimum absolute atomic E-state index is 0.0706. The molecule has 1 aromatic carbocycles. The maximum atomic E-state index is 6.09. The number of nitrogens with two attached hydrogens (primary N) is 1. The Morgan fingerprint density at radius 3 is 2.78 bits per heavy atom. The largest absolute Gasteiger partial charge is 0.497 e. The molecule has 1 aliphatic rings. The van der Waals surface area contributed by atoms with Crippen LogP contribution >= 0.6 is 0 Å². The summed E-state index contributed by atoms with van der Waals surface area (Å²) in [6.45, 7) is 3.92. The second kappa shape index (κ2) is 7.40. The number of aromatic nitrogens is 4. The Hall–Kier alpha value is -2.87. The van der Waals surface area contributed by atoms with E-state index in [1.54, 1.807) is 11.6 Å². The van der Waals surface area contributed by atoms with Gasteiger partial charge in [0.15, 0.2) is 5.65 Å². The molecule has 8 heteroatoms. The van der Waals surface area contributed by atoms with Crippen LogP contribution in [0.4, 0.5) is 5.95 Å². The Bertz CT molecular complexity index is 918. The summed E-state index contributed by atoms with van der Waals surface area (Å²) in [5.74, 6) is 1.19. The van der Waals surface area contributed by atoms with E-state index < -0.39 is 0 Å². The summed E-state index contributed by atoms with van der Waals surface area (Å²) in [4.78, 5) is 8.76. The second-order valence-corrected chi connectivity index (χ2v) is 6.78. The topological polar surface area (TPSA) is 99.6 Å². The van der Waals surface area contributed by atoms with Gasteiger partial charge in [0.2, 0.25) is 5.95 Å². The first-order valence-electron chi connectivity index (χ1n) is 9.18. The van der Waals surface area contributed by atoms with Crippen LogP contribution in [-0.4, -0.2) is 45.9 Å². The number of piperidine rings is 1. The first kappa shape index (κ1) is 17.5. The van der Waals surface area contributed by atoms with E-state index in [1.807, 2.05) is 30.3 Å².